The highest BCUT2D eigenvalue weighted by Crippen LogP contribution is 2.43. The van der Waals surface area contributed by atoms with Gasteiger partial charge >= 0.3 is 19.8 Å². The molecule has 0 aromatic heterocycles. The van der Waals surface area contributed by atoms with Crippen molar-refractivity contribution in [2.75, 3.05) is 19.8 Å². The molecule has 0 radical (unpaired) electrons. The highest BCUT2D eigenvalue weighted by atomic mass is 31.2. The van der Waals surface area contributed by atoms with Crippen molar-refractivity contribution in [1.82, 2.24) is 0 Å². The molecule has 58 heavy (non-hydrogen) atoms. The van der Waals surface area contributed by atoms with Crippen LogP contribution in [-0.4, -0.2) is 54.6 Å². The van der Waals surface area contributed by atoms with Gasteiger partial charge in [-0.2, -0.15) is 0 Å². The van der Waals surface area contributed by atoms with Gasteiger partial charge in [0, 0.05) is 12.8 Å². The van der Waals surface area contributed by atoms with Crippen LogP contribution in [0, 0.1) is 0 Å². The van der Waals surface area contributed by atoms with E-state index in [0.29, 0.717) is 12.8 Å². The van der Waals surface area contributed by atoms with E-state index in [9.17, 15) is 23.8 Å². The van der Waals surface area contributed by atoms with Crippen molar-refractivity contribution in [3.8, 4) is 0 Å². The summed E-state index contributed by atoms with van der Waals surface area (Å²) in [7, 11) is -4.63. The van der Waals surface area contributed by atoms with Gasteiger partial charge in [-0.1, -0.05) is 177 Å². The predicted molar refractivity (Wildman–Crippen MR) is 238 cm³/mol. The van der Waals surface area contributed by atoms with Crippen molar-refractivity contribution in [1.29, 1.82) is 0 Å². The lowest BCUT2D eigenvalue weighted by Gasteiger charge is -2.20. The largest absolute Gasteiger partial charge is 0.472 e. The third-order valence-corrected chi connectivity index (χ3v) is 10.1. The number of hydrogen-bond donors (Lipinski definition) is 2. The summed E-state index contributed by atoms with van der Waals surface area (Å²) in [6.07, 6.45) is 48.8. The lowest BCUT2D eigenvalue weighted by atomic mass is 10.0. The Morgan fingerprint density at radius 2 is 0.966 bits per heavy atom. The molecule has 0 amide bonds. The van der Waals surface area contributed by atoms with Crippen LogP contribution in [0.2, 0.25) is 0 Å². The number of phosphoric acid groups is 1. The molecular weight excluding hydrogens is 753 g/mol. The molecule has 3 N–H and O–H groups in total. The number of allylic oxidation sites excluding steroid dienone is 12. The van der Waals surface area contributed by atoms with E-state index < -0.39 is 50.9 Å². The minimum Gasteiger partial charge on any atom is -0.462 e. The van der Waals surface area contributed by atoms with Gasteiger partial charge in [-0.3, -0.25) is 23.4 Å². The van der Waals surface area contributed by atoms with Gasteiger partial charge < -0.3 is 20.1 Å². The molecule has 0 rings (SSSR count). The minimum atomic E-state index is -4.63. The summed E-state index contributed by atoms with van der Waals surface area (Å²) in [5.74, 6) is -1.43. The predicted octanol–water partition coefficient (Wildman–Crippen LogP) is 12.2. The Morgan fingerprint density at radius 3 is 1.41 bits per heavy atom. The van der Waals surface area contributed by atoms with Gasteiger partial charge in [0.15, 0.2) is 6.10 Å². The molecule has 0 aliphatic carbocycles. The summed E-state index contributed by atoms with van der Waals surface area (Å²) in [6.45, 7) is 4.21. The van der Waals surface area contributed by atoms with E-state index in [1.807, 2.05) is 12.2 Å². The summed E-state index contributed by atoms with van der Waals surface area (Å²) in [5.41, 5.74) is 5.58. The van der Waals surface area contributed by atoms with Crippen LogP contribution in [0.3, 0.4) is 0 Å². The SMILES string of the molecule is CC/C=C\C/C=C\C/C=C\C/C=C\C/C=C\C/C=C\CCC(=O)OC(COC(=O)CCCCCCCCCCCCCCCCC)COP(=O)(O)OCC(N)C(C)=O. The van der Waals surface area contributed by atoms with Gasteiger partial charge in [-0.25, -0.2) is 4.57 Å². The van der Waals surface area contributed by atoms with Crippen molar-refractivity contribution in [2.45, 2.75) is 187 Å². The molecular formula is C47H80NO9P. The molecule has 0 aliphatic heterocycles. The Bertz CT molecular complexity index is 1260. The van der Waals surface area contributed by atoms with E-state index in [1.165, 1.54) is 77.6 Å². The van der Waals surface area contributed by atoms with Crippen LogP contribution in [0.1, 0.15) is 175 Å². The second-order valence-electron chi connectivity index (χ2n) is 14.7. The number of phosphoric ester groups is 1. The van der Waals surface area contributed by atoms with Gasteiger partial charge in [0.25, 0.3) is 0 Å². The zero-order chi connectivity index (χ0) is 42.8. The first-order valence-corrected chi connectivity index (χ1v) is 23.7. The van der Waals surface area contributed by atoms with Crippen LogP contribution >= 0.6 is 7.82 Å². The molecule has 0 aromatic carbocycles. The number of rotatable bonds is 40. The first-order valence-electron chi connectivity index (χ1n) is 22.2. The molecule has 0 saturated carbocycles. The van der Waals surface area contributed by atoms with E-state index in [-0.39, 0.29) is 19.4 Å². The Hall–Kier alpha value is -2.88. The van der Waals surface area contributed by atoms with Crippen molar-refractivity contribution in [3.63, 3.8) is 0 Å². The van der Waals surface area contributed by atoms with Gasteiger partial charge in [0.1, 0.15) is 12.4 Å². The monoisotopic (exact) mass is 834 g/mol. The average molecular weight is 834 g/mol. The highest BCUT2D eigenvalue weighted by Gasteiger charge is 2.27. The van der Waals surface area contributed by atoms with Crippen LogP contribution in [0.15, 0.2) is 72.9 Å². The lowest BCUT2D eigenvalue weighted by molar-refractivity contribution is -0.161. The zero-order valence-electron chi connectivity index (χ0n) is 36.4. The normalized spacial score (nSPS) is 14.4. The third-order valence-electron chi connectivity index (χ3n) is 9.19. The molecule has 332 valence electrons. The molecule has 10 nitrogen and oxygen atoms in total. The van der Waals surface area contributed by atoms with Crippen LogP contribution in [-0.2, 0) is 37.5 Å². The van der Waals surface area contributed by atoms with E-state index in [4.69, 9.17) is 24.3 Å². The van der Waals surface area contributed by atoms with Gasteiger partial charge in [-0.05, 0) is 58.3 Å². The summed E-state index contributed by atoms with van der Waals surface area (Å²) in [4.78, 5) is 46.5. The summed E-state index contributed by atoms with van der Waals surface area (Å²) < 4.78 is 33.0. The van der Waals surface area contributed by atoms with Crippen molar-refractivity contribution in [3.05, 3.63) is 72.9 Å². The van der Waals surface area contributed by atoms with Gasteiger partial charge in [0.05, 0.1) is 19.3 Å². The molecule has 0 fully saturated rings. The number of nitrogens with two attached hydrogens (primary N) is 1. The van der Waals surface area contributed by atoms with E-state index in [2.05, 4.69) is 74.6 Å². The number of esters is 2. The lowest BCUT2D eigenvalue weighted by Crippen LogP contribution is -2.33. The van der Waals surface area contributed by atoms with E-state index in [1.54, 1.807) is 0 Å². The number of carbonyl (C=O) groups excluding carboxylic acids is 3. The number of unbranched alkanes of at least 4 members (excludes halogenated alkanes) is 14. The quantitative estimate of drug-likeness (QED) is 0.0264. The molecule has 0 aliphatic rings. The fraction of sp³-hybridized carbons (Fsp3) is 0.681. The Morgan fingerprint density at radius 1 is 0.552 bits per heavy atom. The summed E-state index contributed by atoms with van der Waals surface area (Å²) in [6, 6.07) is -1.09. The number of ether oxygens (including phenoxy) is 2. The maximum Gasteiger partial charge on any atom is 0.472 e. The number of Topliss-reactive ketones (excluding diaryl/α,β-unsaturated/α-hetero) is 1. The van der Waals surface area contributed by atoms with Gasteiger partial charge in [0.2, 0.25) is 0 Å². The van der Waals surface area contributed by atoms with Crippen molar-refractivity contribution in [2.24, 2.45) is 5.73 Å². The maximum atomic E-state index is 12.6. The zero-order valence-corrected chi connectivity index (χ0v) is 37.3. The number of ketones is 1. The molecule has 0 heterocycles. The minimum absolute atomic E-state index is 0.0620. The first-order chi connectivity index (χ1) is 28.1. The van der Waals surface area contributed by atoms with Crippen LogP contribution in [0.25, 0.3) is 0 Å². The fourth-order valence-corrected chi connectivity index (χ4v) is 6.39. The molecule has 0 aromatic rings. The van der Waals surface area contributed by atoms with Crippen LogP contribution in [0.5, 0.6) is 0 Å². The van der Waals surface area contributed by atoms with Crippen molar-refractivity contribution >= 4 is 25.5 Å². The highest BCUT2D eigenvalue weighted by molar-refractivity contribution is 7.47. The molecule has 11 heteroatoms. The average Bonchev–Trinajstić information content (AvgIpc) is 3.20. The fourth-order valence-electron chi connectivity index (χ4n) is 5.61. The third kappa shape index (κ3) is 39.9. The first kappa shape index (κ1) is 55.1. The molecule has 3 unspecified atom stereocenters. The molecule has 3 atom stereocenters. The van der Waals surface area contributed by atoms with Crippen LogP contribution < -0.4 is 5.73 Å². The topological polar surface area (TPSA) is 151 Å². The summed E-state index contributed by atoms with van der Waals surface area (Å²) >= 11 is 0. The number of hydrogen-bond acceptors (Lipinski definition) is 9. The second-order valence-corrected chi connectivity index (χ2v) is 16.2. The molecule has 0 bridgehead atoms. The smallest absolute Gasteiger partial charge is 0.462 e. The standard InChI is InChI=1S/C47H80NO9P/c1-4-6-8-10-12-14-16-18-20-21-22-23-25-27-29-31-33-35-37-39-47(51)57-44(41-55-58(52,53)56-42-45(48)43(3)49)40-54-46(50)38-36-34-32-30-28-26-24-19-17-15-13-11-9-7-5-2/h6,8,12,14,18,20,22-23,27,29,33,35,44-45H,4-5,7,9-11,13,15-17,19,21,24-26,28,30-32,34,36-42,48H2,1-3H3,(H,52,53)/b8-6-,14-12-,20-18-,23-22-,29-27-,35-33-. The maximum absolute atomic E-state index is 12.6. The van der Waals surface area contributed by atoms with E-state index in [0.717, 1.165) is 57.8 Å². The second kappa shape index (κ2) is 40.9. The van der Waals surface area contributed by atoms with Gasteiger partial charge in [-0.15, -0.1) is 0 Å². The Balaban J connectivity index is 4.49. The van der Waals surface area contributed by atoms with E-state index >= 15 is 0 Å². The van der Waals surface area contributed by atoms with Crippen LogP contribution in [0.4, 0.5) is 0 Å². The molecule has 0 saturated heterocycles. The summed E-state index contributed by atoms with van der Waals surface area (Å²) in [5, 5.41) is 0. The Labute approximate surface area is 352 Å². The molecule has 0 spiro atoms. The number of carbonyl (C=O) groups is 3. The Kier molecular flexibility index (Phi) is 38.8. The van der Waals surface area contributed by atoms with Crippen molar-refractivity contribution < 1.29 is 42.4 Å².